The summed E-state index contributed by atoms with van der Waals surface area (Å²) in [6.45, 7) is 1.95. The van der Waals surface area contributed by atoms with E-state index in [2.05, 4.69) is 21.2 Å². The maximum absolute atomic E-state index is 12.2. The lowest BCUT2D eigenvalue weighted by molar-refractivity contribution is 0.102. The van der Waals surface area contributed by atoms with Crippen molar-refractivity contribution in [3.63, 3.8) is 0 Å². The van der Waals surface area contributed by atoms with Gasteiger partial charge in [-0.2, -0.15) is 0 Å². The van der Waals surface area contributed by atoms with Crippen LogP contribution in [0, 0.1) is 6.92 Å². The number of amides is 1. The third-order valence-electron chi connectivity index (χ3n) is 2.71. The number of carbonyl (C=O) groups is 1. The van der Waals surface area contributed by atoms with Gasteiger partial charge in [0.25, 0.3) is 5.91 Å². The molecule has 0 unspecified atom stereocenters. The second-order valence-corrected chi connectivity index (χ2v) is 5.27. The Labute approximate surface area is 124 Å². The fraction of sp³-hybridized carbons (Fsp3) is 0.0714. The average molecular weight is 340 g/mol. The van der Waals surface area contributed by atoms with Crippen molar-refractivity contribution >= 4 is 44.8 Å². The first-order valence-corrected chi connectivity index (χ1v) is 6.78. The minimum absolute atomic E-state index is 0.267. The minimum atomic E-state index is -0.288. The molecule has 5 heteroatoms. The van der Waals surface area contributed by atoms with E-state index in [9.17, 15) is 4.79 Å². The van der Waals surface area contributed by atoms with Crippen molar-refractivity contribution in [2.24, 2.45) is 0 Å². The van der Waals surface area contributed by atoms with Crippen LogP contribution in [0.5, 0.6) is 0 Å². The van der Waals surface area contributed by atoms with E-state index in [0.29, 0.717) is 16.9 Å². The molecule has 0 spiro atoms. The third kappa shape index (κ3) is 2.91. The Bertz CT molecular complexity index is 643. The maximum atomic E-state index is 12.2. The summed E-state index contributed by atoms with van der Waals surface area (Å²) in [5.74, 6) is -0.288. The van der Waals surface area contributed by atoms with Crippen LogP contribution >= 0.6 is 27.5 Å². The maximum Gasteiger partial charge on any atom is 0.257 e. The predicted molar refractivity (Wildman–Crippen MR) is 82.7 cm³/mol. The number of nitrogens with one attached hydrogen (secondary N) is 1. The molecule has 3 nitrogen and oxygen atoms in total. The van der Waals surface area contributed by atoms with Crippen molar-refractivity contribution < 1.29 is 4.79 Å². The lowest BCUT2D eigenvalue weighted by Crippen LogP contribution is -2.13. The van der Waals surface area contributed by atoms with Crippen molar-refractivity contribution in [3.8, 4) is 0 Å². The molecule has 0 aromatic heterocycles. The normalized spacial score (nSPS) is 10.3. The zero-order chi connectivity index (χ0) is 14.0. The van der Waals surface area contributed by atoms with E-state index in [1.165, 1.54) is 0 Å². The van der Waals surface area contributed by atoms with Gasteiger partial charge in [0.05, 0.1) is 22.0 Å². The van der Waals surface area contributed by atoms with Gasteiger partial charge < -0.3 is 11.1 Å². The van der Waals surface area contributed by atoms with E-state index in [-0.39, 0.29) is 10.9 Å². The van der Waals surface area contributed by atoms with Crippen LogP contribution in [0.4, 0.5) is 11.4 Å². The Morgan fingerprint density at radius 2 is 1.95 bits per heavy atom. The lowest BCUT2D eigenvalue weighted by atomic mass is 10.1. The zero-order valence-corrected chi connectivity index (χ0v) is 12.5. The van der Waals surface area contributed by atoms with Crippen LogP contribution in [0.3, 0.4) is 0 Å². The van der Waals surface area contributed by atoms with Gasteiger partial charge in [-0.15, -0.1) is 0 Å². The quantitative estimate of drug-likeness (QED) is 0.804. The number of hydrogen-bond acceptors (Lipinski definition) is 2. The van der Waals surface area contributed by atoms with Crippen LogP contribution in [0.15, 0.2) is 40.9 Å². The molecule has 0 saturated carbocycles. The molecule has 0 aliphatic carbocycles. The SMILES string of the molecule is Cc1cccc(NC(=O)c2cccc(N)c2Cl)c1Br. The molecule has 0 atom stereocenters. The van der Waals surface area contributed by atoms with Crippen LogP contribution in [0.1, 0.15) is 15.9 Å². The summed E-state index contributed by atoms with van der Waals surface area (Å²) in [7, 11) is 0. The van der Waals surface area contributed by atoms with Crippen LogP contribution in [0.2, 0.25) is 5.02 Å². The van der Waals surface area contributed by atoms with E-state index in [4.69, 9.17) is 17.3 Å². The molecule has 0 bridgehead atoms. The highest BCUT2D eigenvalue weighted by atomic mass is 79.9. The van der Waals surface area contributed by atoms with Crippen LogP contribution in [0.25, 0.3) is 0 Å². The van der Waals surface area contributed by atoms with E-state index in [0.717, 1.165) is 10.0 Å². The fourth-order valence-electron chi connectivity index (χ4n) is 1.66. The summed E-state index contributed by atoms with van der Waals surface area (Å²) in [5.41, 5.74) is 8.16. The van der Waals surface area contributed by atoms with E-state index in [1.54, 1.807) is 18.2 Å². The summed E-state index contributed by atoms with van der Waals surface area (Å²) in [4.78, 5) is 12.2. The molecule has 2 aromatic carbocycles. The van der Waals surface area contributed by atoms with Gasteiger partial charge in [-0.3, -0.25) is 4.79 Å². The molecule has 2 rings (SSSR count). The number of aryl methyl sites for hydroxylation is 1. The molecule has 3 N–H and O–H groups in total. The highest BCUT2D eigenvalue weighted by Gasteiger charge is 2.13. The summed E-state index contributed by atoms with van der Waals surface area (Å²) in [6.07, 6.45) is 0. The number of nitrogens with two attached hydrogens (primary N) is 1. The number of benzene rings is 2. The minimum Gasteiger partial charge on any atom is -0.398 e. The first-order valence-electron chi connectivity index (χ1n) is 5.61. The Morgan fingerprint density at radius 1 is 1.26 bits per heavy atom. The lowest BCUT2D eigenvalue weighted by Gasteiger charge is -2.10. The average Bonchev–Trinajstić information content (AvgIpc) is 2.38. The number of nitrogen functional groups attached to an aromatic ring is 1. The molecule has 0 aliphatic heterocycles. The molecular formula is C14H12BrClN2O. The van der Waals surface area contributed by atoms with Gasteiger partial charge in [0.15, 0.2) is 0 Å². The monoisotopic (exact) mass is 338 g/mol. The van der Waals surface area contributed by atoms with Crippen molar-refractivity contribution in [2.45, 2.75) is 6.92 Å². The molecule has 0 heterocycles. The molecule has 1 amide bonds. The van der Waals surface area contributed by atoms with Gasteiger partial charge in [0.2, 0.25) is 0 Å². The van der Waals surface area contributed by atoms with Gasteiger partial charge in [-0.05, 0) is 46.6 Å². The predicted octanol–water partition coefficient (Wildman–Crippen LogP) is 4.25. The van der Waals surface area contributed by atoms with Crippen LogP contribution in [-0.4, -0.2) is 5.91 Å². The number of carbonyl (C=O) groups excluding carboxylic acids is 1. The van der Waals surface area contributed by atoms with Gasteiger partial charge in [0.1, 0.15) is 0 Å². The van der Waals surface area contributed by atoms with Gasteiger partial charge in [-0.25, -0.2) is 0 Å². The number of rotatable bonds is 2. The van der Waals surface area contributed by atoms with Crippen molar-refractivity contribution in [2.75, 3.05) is 11.1 Å². The zero-order valence-electron chi connectivity index (χ0n) is 10.2. The molecule has 0 radical (unpaired) electrons. The van der Waals surface area contributed by atoms with Crippen LogP contribution < -0.4 is 11.1 Å². The fourth-order valence-corrected chi connectivity index (χ4v) is 2.23. The van der Waals surface area contributed by atoms with Crippen molar-refractivity contribution in [1.82, 2.24) is 0 Å². The topological polar surface area (TPSA) is 55.1 Å². The molecule has 2 aromatic rings. The second-order valence-electron chi connectivity index (χ2n) is 4.10. The molecule has 0 aliphatic rings. The number of hydrogen-bond donors (Lipinski definition) is 2. The third-order valence-corrected chi connectivity index (χ3v) is 4.19. The van der Waals surface area contributed by atoms with Gasteiger partial charge in [-0.1, -0.05) is 29.8 Å². The number of anilines is 2. The van der Waals surface area contributed by atoms with Gasteiger partial charge >= 0.3 is 0 Å². The Balaban J connectivity index is 2.31. The van der Waals surface area contributed by atoms with Crippen molar-refractivity contribution in [3.05, 3.63) is 57.0 Å². The Morgan fingerprint density at radius 3 is 2.68 bits per heavy atom. The molecule has 19 heavy (non-hydrogen) atoms. The van der Waals surface area contributed by atoms with E-state index >= 15 is 0 Å². The summed E-state index contributed by atoms with van der Waals surface area (Å²) >= 11 is 9.47. The molecular weight excluding hydrogens is 328 g/mol. The summed E-state index contributed by atoms with van der Waals surface area (Å²) < 4.78 is 0.850. The van der Waals surface area contributed by atoms with E-state index in [1.807, 2.05) is 25.1 Å². The second kappa shape index (κ2) is 5.63. The molecule has 0 fully saturated rings. The Kier molecular flexibility index (Phi) is 4.12. The first kappa shape index (κ1) is 13.9. The highest BCUT2D eigenvalue weighted by molar-refractivity contribution is 9.10. The van der Waals surface area contributed by atoms with Crippen molar-refractivity contribution in [1.29, 1.82) is 0 Å². The van der Waals surface area contributed by atoms with E-state index < -0.39 is 0 Å². The standard InChI is InChI=1S/C14H12BrClN2O/c1-8-4-2-7-11(12(8)15)18-14(19)9-5-3-6-10(17)13(9)16/h2-7H,17H2,1H3,(H,18,19). The molecule has 98 valence electrons. The largest absolute Gasteiger partial charge is 0.398 e. The highest BCUT2D eigenvalue weighted by Crippen LogP contribution is 2.28. The molecule has 0 saturated heterocycles. The van der Waals surface area contributed by atoms with Crippen LogP contribution in [-0.2, 0) is 0 Å². The number of halogens is 2. The Hall–Kier alpha value is -1.52. The first-order chi connectivity index (χ1) is 9.00. The summed E-state index contributed by atoms with van der Waals surface area (Å²) in [5, 5.41) is 3.08. The van der Waals surface area contributed by atoms with Gasteiger partial charge in [0, 0.05) is 4.47 Å². The summed E-state index contributed by atoms with van der Waals surface area (Å²) in [6, 6.07) is 10.6. The smallest absolute Gasteiger partial charge is 0.257 e.